The molecule has 2 aromatic rings. The fraction of sp³-hybridized carbons (Fsp3) is 0.300. The van der Waals surface area contributed by atoms with Crippen LogP contribution in [0.3, 0.4) is 0 Å². The minimum absolute atomic E-state index is 0.103. The molecule has 1 amide bonds. The van der Waals surface area contributed by atoms with Crippen LogP contribution in [0.1, 0.15) is 52.0 Å². The molecule has 28 heavy (non-hydrogen) atoms. The zero-order valence-corrected chi connectivity index (χ0v) is 16.3. The summed E-state index contributed by atoms with van der Waals surface area (Å²) in [6.07, 6.45) is 3.97. The highest BCUT2D eigenvalue weighted by Crippen LogP contribution is 2.24. The SMILES string of the molecule is Cc1ccc(C(=O)O)cc1S(=O)(=O)Nc1ccccc1C(=O)NC1CCCC1. The van der Waals surface area contributed by atoms with E-state index in [-0.39, 0.29) is 33.7 Å². The first-order valence-electron chi connectivity index (χ1n) is 9.04. The summed E-state index contributed by atoms with van der Waals surface area (Å²) in [4.78, 5) is 23.7. The normalized spacial score (nSPS) is 14.6. The molecule has 3 N–H and O–H groups in total. The van der Waals surface area contributed by atoms with Crippen molar-refractivity contribution in [2.75, 3.05) is 4.72 Å². The van der Waals surface area contributed by atoms with Crippen molar-refractivity contribution in [1.29, 1.82) is 0 Å². The molecule has 3 rings (SSSR count). The number of aryl methyl sites for hydroxylation is 1. The topological polar surface area (TPSA) is 113 Å². The number of aromatic carboxylic acids is 1. The minimum atomic E-state index is -4.08. The van der Waals surface area contributed by atoms with Crippen molar-refractivity contribution >= 4 is 27.6 Å². The van der Waals surface area contributed by atoms with Crippen molar-refractivity contribution in [2.24, 2.45) is 0 Å². The summed E-state index contributed by atoms with van der Waals surface area (Å²) in [5.74, 6) is -1.55. The summed E-state index contributed by atoms with van der Waals surface area (Å²) in [6, 6.07) is 10.4. The number of carboxylic acids is 1. The Labute approximate surface area is 163 Å². The number of carboxylic acid groups (broad SMARTS) is 1. The predicted molar refractivity (Wildman–Crippen MR) is 105 cm³/mol. The van der Waals surface area contributed by atoms with E-state index < -0.39 is 16.0 Å². The molecule has 0 bridgehead atoms. The first kappa shape index (κ1) is 19.9. The molecule has 0 unspecified atom stereocenters. The number of benzene rings is 2. The van der Waals surface area contributed by atoms with Crippen LogP contribution in [-0.2, 0) is 10.0 Å². The van der Waals surface area contributed by atoms with Gasteiger partial charge in [0.05, 0.1) is 21.7 Å². The van der Waals surface area contributed by atoms with Crippen LogP contribution in [0.2, 0.25) is 0 Å². The second-order valence-electron chi connectivity index (χ2n) is 6.89. The third-order valence-corrected chi connectivity index (χ3v) is 6.34. The fourth-order valence-corrected chi connectivity index (χ4v) is 4.68. The van der Waals surface area contributed by atoms with E-state index in [2.05, 4.69) is 10.0 Å². The number of hydrogen-bond acceptors (Lipinski definition) is 4. The molecular formula is C20H22N2O5S. The van der Waals surface area contributed by atoms with Crippen LogP contribution >= 0.6 is 0 Å². The molecule has 0 radical (unpaired) electrons. The molecule has 1 aliphatic carbocycles. The molecule has 0 spiro atoms. The summed E-state index contributed by atoms with van der Waals surface area (Å²) in [5, 5.41) is 12.1. The summed E-state index contributed by atoms with van der Waals surface area (Å²) in [5.41, 5.74) is 0.659. The predicted octanol–water partition coefficient (Wildman–Crippen LogP) is 3.17. The molecule has 148 valence electrons. The third kappa shape index (κ3) is 4.33. The van der Waals surface area contributed by atoms with Crippen LogP contribution < -0.4 is 10.0 Å². The summed E-state index contributed by atoms with van der Waals surface area (Å²) >= 11 is 0. The van der Waals surface area contributed by atoms with Crippen molar-refractivity contribution in [1.82, 2.24) is 5.32 Å². The Kier molecular flexibility index (Phi) is 5.69. The largest absolute Gasteiger partial charge is 0.478 e. The molecule has 1 aliphatic rings. The molecule has 0 aromatic heterocycles. The lowest BCUT2D eigenvalue weighted by molar-refractivity contribution is 0.0696. The van der Waals surface area contributed by atoms with Crippen LogP contribution in [0, 0.1) is 6.92 Å². The zero-order valence-electron chi connectivity index (χ0n) is 15.4. The van der Waals surface area contributed by atoms with Gasteiger partial charge in [-0.15, -0.1) is 0 Å². The van der Waals surface area contributed by atoms with E-state index in [0.717, 1.165) is 31.7 Å². The quantitative estimate of drug-likeness (QED) is 0.687. The lowest BCUT2D eigenvalue weighted by Gasteiger charge is -2.16. The lowest BCUT2D eigenvalue weighted by atomic mass is 10.1. The maximum atomic E-state index is 12.9. The van der Waals surface area contributed by atoms with Crippen LogP contribution in [0.5, 0.6) is 0 Å². The van der Waals surface area contributed by atoms with Gasteiger partial charge in [0.25, 0.3) is 15.9 Å². The molecule has 0 aliphatic heterocycles. The monoisotopic (exact) mass is 402 g/mol. The van der Waals surface area contributed by atoms with Gasteiger partial charge in [0.1, 0.15) is 0 Å². The van der Waals surface area contributed by atoms with E-state index in [4.69, 9.17) is 5.11 Å². The average Bonchev–Trinajstić information content (AvgIpc) is 3.14. The fourth-order valence-electron chi connectivity index (χ4n) is 3.33. The van der Waals surface area contributed by atoms with Gasteiger partial charge in [0, 0.05) is 6.04 Å². The minimum Gasteiger partial charge on any atom is -0.478 e. The molecule has 0 atom stereocenters. The maximum absolute atomic E-state index is 12.9. The van der Waals surface area contributed by atoms with Crippen molar-refractivity contribution in [3.63, 3.8) is 0 Å². The molecule has 1 fully saturated rings. The number of nitrogens with one attached hydrogen (secondary N) is 2. The zero-order chi connectivity index (χ0) is 20.3. The van der Waals surface area contributed by atoms with Crippen LogP contribution in [0.4, 0.5) is 5.69 Å². The van der Waals surface area contributed by atoms with Gasteiger partial charge in [0.2, 0.25) is 0 Å². The summed E-state index contributed by atoms with van der Waals surface area (Å²) in [7, 11) is -4.08. The van der Waals surface area contributed by atoms with E-state index in [1.165, 1.54) is 18.2 Å². The van der Waals surface area contributed by atoms with Crippen LogP contribution in [0.25, 0.3) is 0 Å². The third-order valence-electron chi connectivity index (χ3n) is 4.83. The van der Waals surface area contributed by atoms with Crippen molar-refractivity contribution in [3.05, 3.63) is 59.2 Å². The Bertz CT molecular complexity index is 1010. The Morgan fingerprint density at radius 3 is 2.43 bits per heavy atom. The van der Waals surface area contributed by atoms with Gasteiger partial charge in [-0.1, -0.05) is 31.0 Å². The number of carbonyl (C=O) groups excluding carboxylic acids is 1. The van der Waals surface area contributed by atoms with Crippen LogP contribution in [-0.4, -0.2) is 31.4 Å². The maximum Gasteiger partial charge on any atom is 0.335 e. The van der Waals surface area contributed by atoms with E-state index in [1.54, 1.807) is 25.1 Å². The number of anilines is 1. The Morgan fingerprint density at radius 2 is 1.75 bits per heavy atom. The van der Waals surface area contributed by atoms with Crippen LogP contribution in [0.15, 0.2) is 47.4 Å². The van der Waals surface area contributed by atoms with Gasteiger partial charge in [0.15, 0.2) is 0 Å². The Morgan fingerprint density at radius 1 is 1.07 bits per heavy atom. The Hall–Kier alpha value is -2.87. The van der Waals surface area contributed by atoms with Gasteiger partial charge in [-0.2, -0.15) is 0 Å². The second kappa shape index (κ2) is 8.02. The number of rotatable bonds is 6. The molecule has 2 aromatic carbocycles. The van der Waals surface area contributed by atoms with E-state index in [9.17, 15) is 18.0 Å². The molecule has 7 nitrogen and oxygen atoms in total. The summed E-state index contributed by atoms with van der Waals surface area (Å²) < 4.78 is 28.2. The number of hydrogen-bond donors (Lipinski definition) is 3. The standard InChI is InChI=1S/C20H22N2O5S/c1-13-10-11-14(20(24)25)12-18(13)28(26,27)22-17-9-5-4-8-16(17)19(23)21-15-6-2-3-7-15/h4-5,8-12,15,22H,2-3,6-7H2,1H3,(H,21,23)(H,24,25). The number of amides is 1. The van der Waals surface area contributed by atoms with Gasteiger partial charge in [-0.25, -0.2) is 13.2 Å². The smallest absolute Gasteiger partial charge is 0.335 e. The van der Waals surface area contributed by atoms with Gasteiger partial charge in [-0.3, -0.25) is 9.52 Å². The van der Waals surface area contributed by atoms with Crippen molar-refractivity contribution < 1.29 is 23.1 Å². The first-order chi connectivity index (χ1) is 13.3. The van der Waals surface area contributed by atoms with Gasteiger partial charge >= 0.3 is 5.97 Å². The molecule has 0 saturated heterocycles. The number of carbonyl (C=O) groups is 2. The average molecular weight is 402 g/mol. The highest BCUT2D eigenvalue weighted by atomic mass is 32.2. The highest BCUT2D eigenvalue weighted by molar-refractivity contribution is 7.92. The van der Waals surface area contributed by atoms with Gasteiger partial charge in [-0.05, 0) is 49.6 Å². The highest BCUT2D eigenvalue weighted by Gasteiger charge is 2.23. The van der Waals surface area contributed by atoms with E-state index in [0.29, 0.717) is 5.56 Å². The molecule has 0 heterocycles. The summed E-state index contributed by atoms with van der Waals surface area (Å²) in [6.45, 7) is 1.58. The van der Waals surface area contributed by atoms with Crippen molar-refractivity contribution in [3.8, 4) is 0 Å². The van der Waals surface area contributed by atoms with E-state index >= 15 is 0 Å². The van der Waals surface area contributed by atoms with E-state index in [1.807, 2.05) is 0 Å². The lowest BCUT2D eigenvalue weighted by Crippen LogP contribution is -2.33. The van der Waals surface area contributed by atoms with Crippen molar-refractivity contribution in [2.45, 2.75) is 43.5 Å². The van der Waals surface area contributed by atoms with Gasteiger partial charge < -0.3 is 10.4 Å². The first-order valence-corrected chi connectivity index (χ1v) is 10.5. The molecule has 1 saturated carbocycles. The number of para-hydroxylation sites is 1. The number of sulfonamides is 1. The second-order valence-corrected chi connectivity index (χ2v) is 8.54. The Balaban J connectivity index is 1.90. The molecular weight excluding hydrogens is 380 g/mol. The molecule has 8 heteroatoms.